The number of hydrogen-bond acceptors (Lipinski definition) is 4. The highest BCUT2D eigenvalue weighted by molar-refractivity contribution is 5.99. The van der Waals surface area contributed by atoms with Crippen molar-refractivity contribution in [1.29, 1.82) is 10.5 Å². The second kappa shape index (κ2) is 7.64. The van der Waals surface area contributed by atoms with E-state index in [0.29, 0.717) is 10.9 Å². The summed E-state index contributed by atoms with van der Waals surface area (Å²) >= 11 is 0. The molecule has 0 saturated carbocycles. The third-order valence-corrected chi connectivity index (χ3v) is 4.78. The van der Waals surface area contributed by atoms with Crippen LogP contribution in [0.15, 0.2) is 48.5 Å². The average molecular weight is 457 g/mol. The Kier molecular flexibility index (Phi) is 5.05. The van der Waals surface area contributed by atoms with Crippen molar-refractivity contribution in [3.63, 3.8) is 0 Å². The molecule has 0 aliphatic heterocycles. The highest BCUT2D eigenvalue weighted by atomic mass is 19.4. The highest BCUT2D eigenvalue weighted by Crippen LogP contribution is 2.36. The first-order valence-electron chi connectivity index (χ1n) is 9.13. The van der Waals surface area contributed by atoms with Crippen LogP contribution in [0.2, 0.25) is 0 Å². The maximum Gasteiger partial charge on any atom is 0.433 e. The molecule has 4 aromatic rings. The van der Waals surface area contributed by atoms with Crippen molar-refractivity contribution in [2.75, 3.05) is 0 Å². The molecule has 0 saturated heterocycles. The van der Waals surface area contributed by atoms with E-state index in [-0.39, 0.29) is 16.2 Å². The Morgan fingerprint density at radius 2 is 1.64 bits per heavy atom. The Bertz CT molecular complexity index is 1510. The molecule has 5 nitrogen and oxygen atoms in total. The molecule has 0 bridgehead atoms. The highest BCUT2D eigenvalue weighted by Gasteiger charge is 2.41. The van der Waals surface area contributed by atoms with Crippen LogP contribution in [0.1, 0.15) is 28.2 Å². The maximum absolute atomic E-state index is 13.5. The summed E-state index contributed by atoms with van der Waals surface area (Å²) < 4.78 is 80.2. The van der Waals surface area contributed by atoms with Crippen molar-refractivity contribution in [2.24, 2.45) is 0 Å². The van der Waals surface area contributed by atoms with E-state index in [1.54, 1.807) is 42.5 Å². The fraction of sp³-hybridized carbons (Fsp3) is 0.0909. The molecule has 2 heterocycles. The molecule has 0 unspecified atom stereocenters. The van der Waals surface area contributed by atoms with E-state index in [9.17, 15) is 36.9 Å². The number of hydrogen-bond donors (Lipinski definition) is 0. The van der Waals surface area contributed by atoms with Crippen LogP contribution < -0.4 is 0 Å². The first-order chi connectivity index (χ1) is 15.5. The Balaban J connectivity index is 2.04. The lowest BCUT2D eigenvalue weighted by Crippen LogP contribution is -2.18. The molecule has 164 valence electrons. The molecule has 0 atom stereocenters. The van der Waals surface area contributed by atoms with Crippen molar-refractivity contribution >= 4 is 28.1 Å². The van der Waals surface area contributed by atoms with Crippen molar-refractivity contribution in [3.8, 4) is 12.1 Å². The zero-order chi connectivity index (χ0) is 24.0. The van der Waals surface area contributed by atoms with Gasteiger partial charge in [-0.15, -0.1) is 0 Å². The SMILES string of the molecule is N#C/C(=C\c1cccc2ccccc12)c1nn2c(C(F)(F)F)cc(C(F)(F)F)nc2c1C#N. The zero-order valence-electron chi connectivity index (χ0n) is 16.2. The molecule has 0 radical (unpaired) electrons. The minimum absolute atomic E-state index is 0.109. The lowest BCUT2D eigenvalue weighted by Gasteiger charge is -2.12. The van der Waals surface area contributed by atoms with Crippen molar-refractivity contribution in [1.82, 2.24) is 14.6 Å². The van der Waals surface area contributed by atoms with Gasteiger partial charge in [0.05, 0.1) is 5.57 Å². The molecule has 4 rings (SSSR count). The van der Waals surface area contributed by atoms with Crippen LogP contribution in [0.25, 0.3) is 28.1 Å². The average Bonchev–Trinajstić information content (AvgIpc) is 3.13. The van der Waals surface area contributed by atoms with E-state index in [1.807, 2.05) is 12.1 Å². The third-order valence-electron chi connectivity index (χ3n) is 4.78. The van der Waals surface area contributed by atoms with E-state index in [1.165, 1.54) is 6.08 Å². The molecule has 0 amide bonds. The summed E-state index contributed by atoms with van der Waals surface area (Å²) in [5, 5.41) is 24.4. The van der Waals surface area contributed by atoms with Gasteiger partial charge in [0.15, 0.2) is 11.3 Å². The van der Waals surface area contributed by atoms with Crippen LogP contribution in [-0.4, -0.2) is 14.6 Å². The smallest absolute Gasteiger partial charge is 0.223 e. The second-order valence-corrected chi connectivity index (χ2v) is 6.83. The largest absolute Gasteiger partial charge is 0.433 e. The van der Waals surface area contributed by atoms with Crippen LogP contribution in [0, 0.1) is 22.7 Å². The molecule has 0 spiro atoms. The first kappa shape index (κ1) is 21.8. The molecule has 0 fully saturated rings. The number of benzene rings is 2. The molecule has 0 N–H and O–H groups in total. The minimum atomic E-state index is -5.23. The number of allylic oxidation sites excluding steroid dienone is 1. The number of alkyl halides is 6. The van der Waals surface area contributed by atoms with Gasteiger partial charge in [-0.05, 0) is 28.5 Å². The van der Waals surface area contributed by atoms with E-state index in [4.69, 9.17) is 0 Å². The number of aromatic nitrogens is 3. The van der Waals surface area contributed by atoms with Crippen LogP contribution in [-0.2, 0) is 12.4 Å². The summed E-state index contributed by atoms with van der Waals surface area (Å²) in [4.78, 5) is 3.20. The summed E-state index contributed by atoms with van der Waals surface area (Å²) in [6.45, 7) is 0. The molecule has 0 aliphatic carbocycles. The summed E-state index contributed by atoms with van der Waals surface area (Å²) in [5.41, 5.74) is -5.55. The number of nitriles is 2. The maximum atomic E-state index is 13.5. The van der Waals surface area contributed by atoms with Gasteiger partial charge in [0.1, 0.15) is 29.1 Å². The Morgan fingerprint density at radius 3 is 2.27 bits per heavy atom. The van der Waals surface area contributed by atoms with Crippen molar-refractivity contribution in [3.05, 3.63) is 76.7 Å². The molecular formula is C22H9F6N5. The van der Waals surface area contributed by atoms with Gasteiger partial charge in [-0.3, -0.25) is 0 Å². The van der Waals surface area contributed by atoms with Crippen LogP contribution in [0.3, 0.4) is 0 Å². The van der Waals surface area contributed by atoms with Crippen molar-refractivity contribution in [2.45, 2.75) is 12.4 Å². The predicted octanol–water partition coefficient (Wildman–Crippen LogP) is 5.86. The van der Waals surface area contributed by atoms with Crippen LogP contribution in [0.5, 0.6) is 0 Å². The van der Waals surface area contributed by atoms with Gasteiger partial charge in [-0.1, -0.05) is 42.5 Å². The number of fused-ring (bicyclic) bond motifs is 2. The number of rotatable bonds is 2. The lowest BCUT2D eigenvalue weighted by atomic mass is 10.0. The monoisotopic (exact) mass is 457 g/mol. The van der Waals surface area contributed by atoms with Gasteiger partial charge in [0.25, 0.3) is 0 Å². The Labute approximate surface area is 181 Å². The lowest BCUT2D eigenvalue weighted by molar-refractivity contribution is -0.148. The van der Waals surface area contributed by atoms with Crippen LogP contribution >= 0.6 is 0 Å². The van der Waals surface area contributed by atoms with E-state index in [0.717, 1.165) is 5.39 Å². The van der Waals surface area contributed by atoms with Gasteiger partial charge in [0, 0.05) is 0 Å². The summed E-state index contributed by atoms with van der Waals surface area (Å²) in [6.07, 6.45) is -9.12. The Hall–Kier alpha value is -4.38. The molecule has 33 heavy (non-hydrogen) atoms. The van der Waals surface area contributed by atoms with Crippen molar-refractivity contribution < 1.29 is 26.3 Å². The summed E-state index contributed by atoms with van der Waals surface area (Å²) in [6, 6.07) is 15.4. The zero-order valence-corrected chi connectivity index (χ0v) is 16.2. The predicted molar refractivity (Wildman–Crippen MR) is 105 cm³/mol. The summed E-state index contributed by atoms with van der Waals surface area (Å²) in [7, 11) is 0. The van der Waals surface area contributed by atoms with E-state index < -0.39 is 40.6 Å². The Morgan fingerprint density at radius 1 is 0.939 bits per heavy atom. The molecule has 0 aliphatic rings. The molecule has 2 aromatic carbocycles. The second-order valence-electron chi connectivity index (χ2n) is 6.83. The van der Waals surface area contributed by atoms with E-state index >= 15 is 0 Å². The quantitative estimate of drug-likeness (QED) is 0.279. The standard InChI is InChI=1S/C22H9F6N5/c23-21(24,25)17-9-18(22(26,27)28)33-20(31-17)16(11-30)19(32-33)14(10-29)8-13-6-3-5-12-4-1-2-7-15(12)13/h1-9H/b14-8+. The third kappa shape index (κ3) is 3.85. The number of nitrogens with zero attached hydrogens (tertiary/aromatic N) is 5. The van der Waals surface area contributed by atoms with Crippen LogP contribution in [0.4, 0.5) is 26.3 Å². The van der Waals surface area contributed by atoms with Gasteiger partial charge in [0.2, 0.25) is 0 Å². The van der Waals surface area contributed by atoms with Gasteiger partial charge >= 0.3 is 12.4 Å². The fourth-order valence-corrected chi connectivity index (χ4v) is 3.34. The fourth-order valence-electron chi connectivity index (χ4n) is 3.34. The van der Waals surface area contributed by atoms with Gasteiger partial charge < -0.3 is 0 Å². The summed E-state index contributed by atoms with van der Waals surface area (Å²) in [5.74, 6) is 0. The topological polar surface area (TPSA) is 77.8 Å². The molecular weight excluding hydrogens is 448 g/mol. The number of halogens is 6. The molecule has 2 aromatic heterocycles. The van der Waals surface area contributed by atoms with Gasteiger partial charge in [-0.25, -0.2) is 9.50 Å². The first-order valence-corrected chi connectivity index (χ1v) is 9.13. The normalized spacial score (nSPS) is 12.7. The van der Waals surface area contributed by atoms with E-state index in [2.05, 4.69) is 10.1 Å². The minimum Gasteiger partial charge on any atom is -0.223 e. The molecule has 11 heteroatoms. The van der Waals surface area contributed by atoms with Gasteiger partial charge in [-0.2, -0.15) is 42.0 Å².